The smallest absolute Gasteiger partial charge is 0.419 e. The van der Waals surface area contributed by atoms with Gasteiger partial charge in [-0.05, 0) is 80.8 Å². The maximum atomic E-state index is 14.0. The molecule has 0 N–H and O–H groups in total. The van der Waals surface area contributed by atoms with Crippen molar-refractivity contribution in [1.82, 2.24) is 19.4 Å². The first-order valence-corrected chi connectivity index (χ1v) is 13.9. The number of halogens is 4. The number of pyridine rings is 1. The van der Waals surface area contributed by atoms with E-state index >= 15 is 0 Å². The third-order valence-corrected chi connectivity index (χ3v) is 7.43. The Morgan fingerprint density at radius 1 is 1.14 bits per heavy atom. The zero-order valence-corrected chi connectivity index (χ0v) is 23.6. The van der Waals surface area contributed by atoms with E-state index in [0.29, 0.717) is 56.2 Å². The number of amides is 1. The Labute approximate surface area is 244 Å². The molecule has 0 bridgehead atoms. The second kappa shape index (κ2) is 12.5. The lowest BCUT2D eigenvalue weighted by Crippen LogP contribution is -2.47. The Morgan fingerprint density at radius 2 is 1.86 bits per heavy atom. The van der Waals surface area contributed by atoms with Crippen molar-refractivity contribution in [2.75, 3.05) is 19.8 Å². The summed E-state index contributed by atoms with van der Waals surface area (Å²) in [7, 11) is 0. The standard InChI is InChI=1S/C31H30F4N4O4/c1-3-43-23-9-7-21(8-10-23)39-29(37-28-24(30(39)41)5-4-14-36-28)19(2)38(22-12-15-42-16-13-22)27(40)18-20-6-11-26(32)25(17-20)31(33,34)35/h4-11,14,17,19,22H,3,12-13,15-16,18H2,1-2H3/t19-/m1/s1. The molecule has 3 heterocycles. The van der Waals surface area contributed by atoms with E-state index in [4.69, 9.17) is 14.5 Å². The van der Waals surface area contributed by atoms with Crippen LogP contribution in [-0.2, 0) is 22.1 Å². The Hall–Kier alpha value is -4.32. The molecule has 12 heteroatoms. The molecule has 1 atom stereocenters. The summed E-state index contributed by atoms with van der Waals surface area (Å²) in [6, 6.07) is 11.5. The van der Waals surface area contributed by atoms with Gasteiger partial charge in [-0.2, -0.15) is 13.2 Å². The molecule has 43 heavy (non-hydrogen) atoms. The van der Waals surface area contributed by atoms with Crippen LogP contribution in [0, 0.1) is 5.82 Å². The Bertz CT molecular complexity index is 1670. The molecule has 4 aromatic rings. The molecule has 0 saturated carbocycles. The van der Waals surface area contributed by atoms with Crippen molar-refractivity contribution in [3.63, 3.8) is 0 Å². The van der Waals surface area contributed by atoms with Crippen molar-refractivity contribution in [2.24, 2.45) is 0 Å². The van der Waals surface area contributed by atoms with Crippen LogP contribution in [0.2, 0.25) is 0 Å². The maximum absolute atomic E-state index is 14.0. The van der Waals surface area contributed by atoms with E-state index in [1.54, 1.807) is 48.2 Å². The highest BCUT2D eigenvalue weighted by atomic mass is 19.4. The monoisotopic (exact) mass is 598 g/mol. The lowest BCUT2D eigenvalue weighted by Gasteiger charge is -2.39. The van der Waals surface area contributed by atoms with Gasteiger partial charge in [0.2, 0.25) is 5.91 Å². The number of carbonyl (C=O) groups excluding carboxylic acids is 1. The average molecular weight is 599 g/mol. The number of aromatic nitrogens is 3. The summed E-state index contributed by atoms with van der Waals surface area (Å²) in [5.41, 5.74) is -1.13. The number of carbonyl (C=O) groups is 1. The van der Waals surface area contributed by atoms with Crippen LogP contribution in [0.4, 0.5) is 17.6 Å². The van der Waals surface area contributed by atoms with Crippen LogP contribution in [0.15, 0.2) is 65.6 Å². The summed E-state index contributed by atoms with van der Waals surface area (Å²) in [4.78, 5) is 38.4. The molecule has 2 aromatic carbocycles. The summed E-state index contributed by atoms with van der Waals surface area (Å²) in [5, 5.41) is 0.280. The molecule has 0 radical (unpaired) electrons. The van der Waals surface area contributed by atoms with Crippen molar-refractivity contribution in [2.45, 2.75) is 51.4 Å². The van der Waals surface area contributed by atoms with Crippen molar-refractivity contribution >= 4 is 16.9 Å². The first-order chi connectivity index (χ1) is 20.6. The number of ether oxygens (including phenoxy) is 2. The normalized spacial score (nSPS) is 14.9. The lowest BCUT2D eigenvalue weighted by atomic mass is 10.0. The summed E-state index contributed by atoms with van der Waals surface area (Å²) in [5.74, 6) is -1.06. The molecular weight excluding hydrogens is 568 g/mol. The molecule has 1 aliphatic heterocycles. The average Bonchev–Trinajstić information content (AvgIpc) is 2.99. The van der Waals surface area contributed by atoms with Crippen LogP contribution in [0.5, 0.6) is 5.75 Å². The van der Waals surface area contributed by atoms with Crippen LogP contribution in [0.25, 0.3) is 16.7 Å². The van der Waals surface area contributed by atoms with Gasteiger partial charge >= 0.3 is 6.18 Å². The minimum absolute atomic E-state index is 0.0139. The van der Waals surface area contributed by atoms with Gasteiger partial charge in [-0.15, -0.1) is 0 Å². The second-order valence-corrected chi connectivity index (χ2v) is 10.2. The number of hydrogen-bond acceptors (Lipinski definition) is 6. The Morgan fingerprint density at radius 3 is 2.53 bits per heavy atom. The molecule has 5 rings (SSSR count). The molecule has 1 aliphatic rings. The quantitative estimate of drug-likeness (QED) is 0.244. The molecule has 0 aliphatic carbocycles. The van der Waals surface area contributed by atoms with Crippen LogP contribution < -0.4 is 10.3 Å². The predicted octanol–water partition coefficient (Wildman–Crippen LogP) is 5.65. The van der Waals surface area contributed by atoms with Gasteiger partial charge < -0.3 is 14.4 Å². The van der Waals surface area contributed by atoms with Crippen LogP contribution in [0.3, 0.4) is 0 Å². The number of fused-ring (bicyclic) bond motifs is 1. The first kappa shape index (κ1) is 30.1. The van der Waals surface area contributed by atoms with E-state index in [9.17, 15) is 27.2 Å². The van der Waals surface area contributed by atoms with E-state index < -0.39 is 41.5 Å². The Balaban J connectivity index is 1.60. The molecule has 1 saturated heterocycles. The van der Waals surface area contributed by atoms with Gasteiger partial charge in [0.1, 0.15) is 17.4 Å². The number of hydrogen-bond donors (Lipinski definition) is 0. The highest BCUT2D eigenvalue weighted by molar-refractivity contribution is 5.80. The predicted molar refractivity (Wildman–Crippen MR) is 151 cm³/mol. The summed E-state index contributed by atoms with van der Waals surface area (Å²) in [6.07, 6.45) is -2.85. The van der Waals surface area contributed by atoms with E-state index in [-0.39, 0.29) is 28.5 Å². The third-order valence-electron chi connectivity index (χ3n) is 7.43. The largest absolute Gasteiger partial charge is 0.494 e. The van der Waals surface area contributed by atoms with Crippen molar-refractivity contribution < 1.29 is 31.8 Å². The summed E-state index contributed by atoms with van der Waals surface area (Å²) < 4.78 is 66.6. The second-order valence-electron chi connectivity index (χ2n) is 10.2. The van der Waals surface area contributed by atoms with E-state index in [1.807, 2.05) is 6.92 Å². The third kappa shape index (κ3) is 6.38. The topological polar surface area (TPSA) is 86.6 Å². The number of benzene rings is 2. The van der Waals surface area contributed by atoms with Gasteiger partial charge in [-0.25, -0.2) is 14.4 Å². The lowest BCUT2D eigenvalue weighted by molar-refractivity contribution is -0.141. The zero-order valence-electron chi connectivity index (χ0n) is 23.6. The van der Waals surface area contributed by atoms with Gasteiger partial charge in [-0.3, -0.25) is 14.2 Å². The molecule has 226 valence electrons. The van der Waals surface area contributed by atoms with E-state index in [0.717, 1.165) is 0 Å². The molecular formula is C31H30F4N4O4. The molecule has 1 fully saturated rings. The number of rotatable bonds is 8. The highest BCUT2D eigenvalue weighted by Crippen LogP contribution is 2.33. The van der Waals surface area contributed by atoms with Crippen LogP contribution in [0.1, 0.15) is 49.7 Å². The minimum atomic E-state index is -4.91. The minimum Gasteiger partial charge on any atom is -0.494 e. The molecule has 0 unspecified atom stereocenters. The van der Waals surface area contributed by atoms with Gasteiger partial charge in [0.15, 0.2) is 5.65 Å². The van der Waals surface area contributed by atoms with Gasteiger partial charge in [0.05, 0.1) is 35.7 Å². The molecule has 8 nitrogen and oxygen atoms in total. The van der Waals surface area contributed by atoms with E-state index in [1.165, 1.54) is 16.8 Å². The highest BCUT2D eigenvalue weighted by Gasteiger charge is 2.36. The van der Waals surface area contributed by atoms with Crippen LogP contribution in [-0.4, -0.2) is 51.2 Å². The number of nitrogens with zero attached hydrogens (tertiary/aromatic N) is 4. The van der Waals surface area contributed by atoms with Gasteiger partial charge in [0, 0.05) is 25.5 Å². The fourth-order valence-corrected chi connectivity index (χ4v) is 5.41. The number of alkyl halides is 3. The molecule has 0 spiro atoms. The SMILES string of the molecule is CCOc1ccc(-n2c([C@@H](C)N(C(=O)Cc3ccc(F)c(C(F)(F)F)c3)C3CCOCC3)nc3ncccc3c2=O)cc1. The fraction of sp³-hybridized carbons (Fsp3) is 0.355. The molecule has 1 amide bonds. The first-order valence-electron chi connectivity index (χ1n) is 13.9. The summed E-state index contributed by atoms with van der Waals surface area (Å²) >= 11 is 0. The van der Waals surface area contributed by atoms with Gasteiger partial charge in [0.25, 0.3) is 5.56 Å². The van der Waals surface area contributed by atoms with Crippen molar-refractivity contribution in [3.05, 3.63) is 93.9 Å². The molecule has 2 aromatic heterocycles. The summed E-state index contributed by atoms with van der Waals surface area (Å²) in [6.45, 7) is 4.81. The van der Waals surface area contributed by atoms with E-state index in [2.05, 4.69) is 4.98 Å². The maximum Gasteiger partial charge on any atom is 0.419 e. The van der Waals surface area contributed by atoms with Crippen molar-refractivity contribution in [1.29, 1.82) is 0 Å². The van der Waals surface area contributed by atoms with Crippen LogP contribution >= 0.6 is 0 Å². The Kier molecular flexibility index (Phi) is 8.77. The fourth-order valence-electron chi connectivity index (χ4n) is 5.41. The van der Waals surface area contributed by atoms with Gasteiger partial charge in [-0.1, -0.05) is 6.07 Å². The zero-order chi connectivity index (χ0) is 30.7. The van der Waals surface area contributed by atoms with Crippen molar-refractivity contribution in [3.8, 4) is 11.4 Å².